The molecule has 1 aromatic rings. The van der Waals surface area contributed by atoms with Gasteiger partial charge in [0, 0.05) is 25.0 Å². The summed E-state index contributed by atoms with van der Waals surface area (Å²) >= 11 is 1.67. The number of benzene rings is 1. The molecule has 0 radical (unpaired) electrons. The second kappa shape index (κ2) is 7.04. The van der Waals surface area contributed by atoms with Gasteiger partial charge in [-0.3, -0.25) is 0 Å². The van der Waals surface area contributed by atoms with Gasteiger partial charge in [0.1, 0.15) is 0 Å². The quantitative estimate of drug-likeness (QED) is 0.870. The summed E-state index contributed by atoms with van der Waals surface area (Å²) in [5.41, 5.74) is 1.47. The zero-order chi connectivity index (χ0) is 14.4. The number of hydrogen-bond donors (Lipinski definition) is 2. The number of amides is 2. The SMILES string of the molecule is CSCCN(C)C(=O)Nc1ccc(C(=O)O)c(C)c1. The number of rotatable bonds is 5. The summed E-state index contributed by atoms with van der Waals surface area (Å²) < 4.78 is 0. The number of anilines is 1. The number of nitrogens with one attached hydrogen (secondary N) is 1. The van der Waals surface area contributed by atoms with E-state index in [2.05, 4.69) is 5.32 Å². The van der Waals surface area contributed by atoms with E-state index in [0.717, 1.165) is 5.75 Å². The van der Waals surface area contributed by atoms with Crippen molar-refractivity contribution in [3.05, 3.63) is 29.3 Å². The molecule has 1 rings (SSSR count). The molecule has 6 heteroatoms. The topological polar surface area (TPSA) is 69.6 Å². The molecule has 2 amide bonds. The number of hydrogen-bond acceptors (Lipinski definition) is 3. The summed E-state index contributed by atoms with van der Waals surface area (Å²) in [6.07, 6.45) is 1.99. The van der Waals surface area contributed by atoms with Gasteiger partial charge in [0.05, 0.1) is 5.56 Å². The van der Waals surface area contributed by atoms with E-state index in [9.17, 15) is 9.59 Å². The zero-order valence-electron chi connectivity index (χ0n) is 11.3. The Labute approximate surface area is 117 Å². The number of carboxylic acids is 1. The average molecular weight is 282 g/mol. The highest BCUT2D eigenvalue weighted by molar-refractivity contribution is 7.98. The van der Waals surface area contributed by atoms with Gasteiger partial charge in [-0.2, -0.15) is 11.8 Å². The molecule has 0 aliphatic carbocycles. The predicted molar refractivity (Wildman–Crippen MR) is 78.2 cm³/mol. The number of carbonyl (C=O) groups excluding carboxylic acids is 1. The monoisotopic (exact) mass is 282 g/mol. The van der Waals surface area contributed by atoms with Crippen molar-refractivity contribution in [3.8, 4) is 0 Å². The van der Waals surface area contributed by atoms with Gasteiger partial charge in [-0.1, -0.05) is 0 Å². The standard InChI is InChI=1S/C13H18N2O3S/c1-9-8-10(4-5-11(9)12(16)17)14-13(18)15(2)6-7-19-3/h4-5,8H,6-7H2,1-3H3,(H,14,18)(H,16,17). The summed E-state index contributed by atoms with van der Waals surface area (Å²) in [7, 11) is 1.73. The number of carbonyl (C=O) groups is 2. The van der Waals surface area contributed by atoms with Crippen molar-refractivity contribution in [2.75, 3.05) is 30.9 Å². The minimum atomic E-state index is -0.965. The number of carboxylic acid groups (broad SMARTS) is 1. The smallest absolute Gasteiger partial charge is 0.335 e. The Morgan fingerprint density at radius 2 is 2.11 bits per heavy atom. The highest BCUT2D eigenvalue weighted by Crippen LogP contribution is 2.15. The molecule has 0 saturated heterocycles. The number of nitrogens with zero attached hydrogens (tertiary/aromatic N) is 1. The third kappa shape index (κ3) is 4.48. The molecule has 0 fully saturated rings. The van der Waals surface area contributed by atoms with Crippen molar-refractivity contribution in [1.29, 1.82) is 0 Å². The summed E-state index contributed by atoms with van der Waals surface area (Å²) in [4.78, 5) is 24.3. The Kier molecular flexibility index (Phi) is 5.69. The largest absolute Gasteiger partial charge is 0.478 e. The number of aryl methyl sites for hydroxylation is 1. The molecular formula is C13H18N2O3S. The van der Waals surface area contributed by atoms with Crippen molar-refractivity contribution in [2.45, 2.75) is 6.92 Å². The van der Waals surface area contributed by atoms with Gasteiger partial charge in [0.15, 0.2) is 0 Å². The molecule has 0 heterocycles. The maximum atomic E-state index is 11.8. The molecular weight excluding hydrogens is 264 g/mol. The zero-order valence-corrected chi connectivity index (χ0v) is 12.1. The molecule has 0 aromatic heterocycles. The van der Waals surface area contributed by atoms with Crippen LogP contribution in [0.2, 0.25) is 0 Å². The Morgan fingerprint density at radius 3 is 2.63 bits per heavy atom. The number of thioether (sulfide) groups is 1. The lowest BCUT2D eigenvalue weighted by atomic mass is 10.1. The normalized spacial score (nSPS) is 10.1. The van der Waals surface area contributed by atoms with E-state index in [1.165, 1.54) is 6.07 Å². The van der Waals surface area contributed by atoms with Crippen LogP contribution in [0.15, 0.2) is 18.2 Å². The first-order chi connectivity index (χ1) is 8.95. The third-order valence-electron chi connectivity index (χ3n) is 2.69. The van der Waals surface area contributed by atoms with Crippen LogP contribution in [-0.4, -0.2) is 47.6 Å². The van der Waals surface area contributed by atoms with E-state index in [1.807, 2.05) is 6.26 Å². The molecule has 5 nitrogen and oxygen atoms in total. The van der Waals surface area contributed by atoms with Crippen molar-refractivity contribution >= 4 is 29.4 Å². The number of urea groups is 1. The molecule has 0 unspecified atom stereocenters. The van der Waals surface area contributed by atoms with E-state index >= 15 is 0 Å². The van der Waals surface area contributed by atoms with Gasteiger partial charge in [0.2, 0.25) is 0 Å². The molecule has 2 N–H and O–H groups in total. The second-order valence-electron chi connectivity index (χ2n) is 4.18. The van der Waals surface area contributed by atoms with Gasteiger partial charge in [0.25, 0.3) is 0 Å². The van der Waals surface area contributed by atoms with Crippen LogP contribution < -0.4 is 5.32 Å². The third-order valence-corrected chi connectivity index (χ3v) is 3.28. The van der Waals surface area contributed by atoms with Gasteiger partial charge in [-0.25, -0.2) is 9.59 Å². The molecule has 0 aliphatic rings. The molecule has 0 aliphatic heterocycles. The lowest BCUT2D eigenvalue weighted by Gasteiger charge is -2.17. The molecule has 0 bridgehead atoms. The van der Waals surface area contributed by atoms with Crippen LogP contribution in [-0.2, 0) is 0 Å². The lowest BCUT2D eigenvalue weighted by molar-refractivity contribution is 0.0696. The van der Waals surface area contributed by atoms with Crippen LogP contribution in [0.3, 0.4) is 0 Å². The summed E-state index contributed by atoms with van der Waals surface area (Å²) in [6, 6.07) is 4.55. The fourth-order valence-electron chi connectivity index (χ4n) is 1.53. The second-order valence-corrected chi connectivity index (χ2v) is 5.16. The fraction of sp³-hybridized carbons (Fsp3) is 0.385. The van der Waals surface area contributed by atoms with Crippen molar-refractivity contribution in [1.82, 2.24) is 4.90 Å². The van der Waals surface area contributed by atoms with E-state index in [4.69, 9.17) is 5.11 Å². The Morgan fingerprint density at radius 1 is 1.42 bits per heavy atom. The average Bonchev–Trinajstić information content (AvgIpc) is 2.35. The van der Waals surface area contributed by atoms with Crippen LogP contribution in [0.25, 0.3) is 0 Å². The molecule has 0 atom stereocenters. The Balaban J connectivity index is 2.70. The van der Waals surface area contributed by atoms with E-state index in [-0.39, 0.29) is 11.6 Å². The summed E-state index contributed by atoms with van der Waals surface area (Å²) in [5.74, 6) is -0.0894. The predicted octanol–water partition coefficient (Wildman–Crippen LogP) is 2.52. The molecule has 0 saturated carbocycles. The first kappa shape index (κ1) is 15.4. The van der Waals surface area contributed by atoms with Crippen LogP contribution in [0, 0.1) is 6.92 Å². The summed E-state index contributed by atoms with van der Waals surface area (Å²) in [5, 5.41) is 11.7. The van der Waals surface area contributed by atoms with Crippen molar-refractivity contribution < 1.29 is 14.7 Å². The summed E-state index contributed by atoms with van der Waals surface area (Å²) in [6.45, 7) is 2.37. The first-order valence-corrected chi connectivity index (χ1v) is 7.20. The maximum absolute atomic E-state index is 11.8. The van der Waals surface area contributed by atoms with Gasteiger partial charge < -0.3 is 15.3 Å². The van der Waals surface area contributed by atoms with Gasteiger partial charge >= 0.3 is 12.0 Å². The Bertz CT molecular complexity index is 477. The van der Waals surface area contributed by atoms with Crippen LogP contribution >= 0.6 is 11.8 Å². The molecule has 104 valence electrons. The molecule has 19 heavy (non-hydrogen) atoms. The van der Waals surface area contributed by atoms with Gasteiger partial charge in [-0.05, 0) is 36.9 Å². The van der Waals surface area contributed by atoms with Crippen LogP contribution in [0.4, 0.5) is 10.5 Å². The number of aromatic carboxylic acids is 1. The maximum Gasteiger partial charge on any atom is 0.335 e. The van der Waals surface area contributed by atoms with E-state index < -0.39 is 5.97 Å². The lowest BCUT2D eigenvalue weighted by Crippen LogP contribution is -2.33. The van der Waals surface area contributed by atoms with E-state index in [0.29, 0.717) is 17.8 Å². The van der Waals surface area contributed by atoms with Crippen LogP contribution in [0.1, 0.15) is 15.9 Å². The van der Waals surface area contributed by atoms with Crippen molar-refractivity contribution in [2.24, 2.45) is 0 Å². The fourth-order valence-corrected chi connectivity index (χ4v) is 1.99. The van der Waals surface area contributed by atoms with E-state index in [1.54, 1.807) is 42.8 Å². The molecule has 0 spiro atoms. The van der Waals surface area contributed by atoms with Crippen LogP contribution in [0.5, 0.6) is 0 Å². The minimum absolute atomic E-state index is 0.198. The highest BCUT2D eigenvalue weighted by Gasteiger charge is 2.11. The molecule has 1 aromatic carbocycles. The Hall–Kier alpha value is -1.69. The van der Waals surface area contributed by atoms with Gasteiger partial charge in [-0.15, -0.1) is 0 Å². The first-order valence-electron chi connectivity index (χ1n) is 5.80. The highest BCUT2D eigenvalue weighted by atomic mass is 32.2. The minimum Gasteiger partial charge on any atom is -0.478 e. The van der Waals surface area contributed by atoms with Crippen molar-refractivity contribution in [3.63, 3.8) is 0 Å².